The maximum absolute atomic E-state index is 11.8. The van der Waals surface area contributed by atoms with Crippen LogP contribution in [0.2, 0.25) is 0 Å². The number of allylic oxidation sites excluding steroid dienone is 1. The van der Waals surface area contributed by atoms with Crippen LogP contribution >= 0.6 is 11.6 Å². The number of ether oxygens (including phenoxy) is 1. The molecule has 2 unspecified atom stereocenters. The summed E-state index contributed by atoms with van der Waals surface area (Å²) >= 11 is 5.59. The van der Waals surface area contributed by atoms with Crippen LogP contribution in [0.1, 0.15) is 47.0 Å². The van der Waals surface area contributed by atoms with E-state index in [0.717, 1.165) is 12.8 Å². The van der Waals surface area contributed by atoms with Crippen molar-refractivity contribution >= 4 is 23.5 Å². The smallest absolute Gasteiger partial charge is 0.408 e. The second kappa shape index (κ2) is 9.01. The van der Waals surface area contributed by atoms with Crippen molar-refractivity contribution in [2.75, 3.05) is 5.88 Å². The number of halogens is 1. The molecule has 0 radical (unpaired) electrons. The molecule has 4 nitrogen and oxygen atoms in total. The van der Waals surface area contributed by atoms with Crippen LogP contribution in [0.5, 0.6) is 0 Å². The van der Waals surface area contributed by atoms with Crippen molar-refractivity contribution in [1.82, 2.24) is 5.32 Å². The predicted octanol–water partition coefficient (Wildman–Crippen LogP) is 3.68. The second-order valence-corrected chi connectivity index (χ2v) is 6.27. The van der Waals surface area contributed by atoms with E-state index in [-0.39, 0.29) is 11.7 Å². The first-order valence-electron chi connectivity index (χ1n) is 6.88. The molecule has 0 aliphatic rings. The number of hydrogen-bond donors (Lipinski definition) is 1. The van der Waals surface area contributed by atoms with Gasteiger partial charge in [0.05, 0.1) is 11.9 Å². The lowest BCUT2D eigenvalue weighted by Crippen LogP contribution is -2.44. The highest BCUT2D eigenvalue weighted by Gasteiger charge is 2.25. The molecule has 2 atom stereocenters. The normalized spacial score (nSPS) is 14.2. The van der Waals surface area contributed by atoms with Crippen LogP contribution in [0.15, 0.2) is 12.7 Å². The minimum absolute atomic E-state index is 0.116. The molecular formula is C15H26ClNO3. The lowest BCUT2D eigenvalue weighted by atomic mass is 9.95. The second-order valence-electron chi connectivity index (χ2n) is 6.01. The van der Waals surface area contributed by atoms with E-state index < -0.39 is 17.7 Å². The molecule has 0 saturated carbocycles. The molecule has 0 saturated heterocycles. The molecule has 0 heterocycles. The lowest BCUT2D eigenvalue weighted by Gasteiger charge is -2.24. The van der Waals surface area contributed by atoms with Gasteiger partial charge in [-0.25, -0.2) is 4.79 Å². The highest BCUT2D eigenvalue weighted by atomic mass is 35.5. The number of hydrogen-bond acceptors (Lipinski definition) is 3. The Balaban J connectivity index is 4.53. The molecule has 0 aromatic heterocycles. The summed E-state index contributed by atoms with van der Waals surface area (Å²) in [5.41, 5.74) is -0.590. The maximum atomic E-state index is 11.8. The number of Topliss-reactive ketones (excluding diaryl/α,β-unsaturated/α-hetero) is 1. The molecule has 0 bridgehead atoms. The molecule has 0 aliphatic heterocycles. The number of nitrogens with one attached hydrogen (secondary N) is 1. The van der Waals surface area contributed by atoms with Crippen molar-refractivity contribution < 1.29 is 14.3 Å². The SMILES string of the molecule is C=CCCC(C)CC(NC(=O)OC(C)(C)C)C(=O)CCl. The highest BCUT2D eigenvalue weighted by Crippen LogP contribution is 2.15. The molecule has 5 heteroatoms. The zero-order valence-corrected chi connectivity index (χ0v) is 13.6. The first kappa shape index (κ1) is 19.0. The van der Waals surface area contributed by atoms with E-state index in [2.05, 4.69) is 11.9 Å². The molecule has 0 aromatic rings. The third-order valence-corrected chi connectivity index (χ3v) is 2.98. The van der Waals surface area contributed by atoms with Crippen molar-refractivity contribution in [1.29, 1.82) is 0 Å². The number of amides is 1. The van der Waals surface area contributed by atoms with Gasteiger partial charge in [-0.2, -0.15) is 0 Å². The van der Waals surface area contributed by atoms with Gasteiger partial charge in [-0.05, 0) is 46.0 Å². The Bertz CT molecular complexity index is 337. The summed E-state index contributed by atoms with van der Waals surface area (Å²) in [6, 6.07) is -0.595. The zero-order valence-electron chi connectivity index (χ0n) is 12.9. The summed E-state index contributed by atoms with van der Waals surface area (Å²) < 4.78 is 5.16. The van der Waals surface area contributed by atoms with Crippen molar-refractivity contribution in [3.8, 4) is 0 Å². The number of carbonyl (C=O) groups excluding carboxylic acids is 2. The molecule has 0 fully saturated rings. The standard InChI is InChI=1S/C15H26ClNO3/c1-6-7-8-11(2)9-12(13(18)10-16)17-14(19)20-15(3,4)5/h6,11-12H,1,7-10H2,2-5H3,(H,17,19). The number of alkyl carbamates (subject to hydrolysis) is 1. The van der Waals surface area contributed by atoms with E-state index in [1.807, 2.05) is 13.0 Å². The van der Waals surface area contributed by atoms with Crippen molar-refractivity contribution in [3.05, 3.63) is 12.7 Å². The third-order valence-electron chi connectivity index (χ3n) is 2.71. The fourth-order valence-corrected chi connectivity index (χ4v) is 1.92. The van der Waals surface area contributed by atoms with Gasteiger partial charge < -0.3 is 10.1 Å². The minimum atomic E-state index is -0.595. The Morgan fingerprint density at radius 2 is 2.00 bits per heavy atom. The summed E-state index contributed by atoms with van der Waals surface area (Å²) in [6.07, 6.45) is 3.62. The maximum Gasteiger partial charge on any atom is 0.408 e. The summed E-state index contributed by atoms with van der Waals surface area (Å²) in [5.74, 6) is -0.0163. The number of ketones is 1. The van der Waals surface area contributed by atoms with E-state index in [1.165, 1.54) is 0 Å². The average molecular weight is 304 g/mol. The summed E-state index contributed by atoms with van der Waals surface area (Å²) in [5, 5.41) is 2.61. The van der Waals surface area contributed by atoms with E-state index >= 15 is 0 Å². The van der Waals surface area contributed by atoms with Crippen LogP contribution in [-0.4, -0.2) is 29.4 Å². The first-order valence-corrected chi connectivity index (χ1v) is 7.42. The quantitative estimate of drug-likeness (QED) is 0.550. The third kappa shape index (κ3) is 8.97. The lowest BCUT2D eigenvalue weighted by molar-refractivity contribution is -0.119. The Hall–Kier alpha value is -1.03. The van der Waals surface area contributed by atoms with Crippen molar-refractivity contribution in [2.45, 2.75) is 58.6 Å². The van der Waals surface area contributed by atoms with E-state index in [4.69, 9.17) is 16.3 Å². The van der Waals surface area contributed by atoms with E-state index in [9.17, 15) is 9.59 Å². The molecule has 116 valence electrons. The van der Waals surface area contributed by atoms with Gasteiger partial charge in [0.25, 0.3) is 0 Å². The molecular weight excluding hydrogens is 278 g/mol. The molecule has 0 spiro atoms. The Kier molecular flexibility index (Phi) is 8.54. The highest BCUT2D eigenvalue weighted by molar-refractivity contribution is 6.28. The minimum Gasteiger partial charge on any atom is -0.444 e. The summed E-state index contributed by atoms with van der Waals surface area (Å²) in [7, 11) is 0. The van der Waals surface area contributed by atoms with Crippen LogP contribution in [0.25, 0.3) is 0 Å². The number of carbonyl (C=O) groups is 2. The van der Waals surface area contributed by atoms with Crippen LogP contribution < -0.4 is 5.32 Å². The summed E-state index contributed by atoms with van der Waals surface area (Å²) in [4.78, 5) is 23.5. The largest absolute Gasteiger partial charge is 0.444 e. The average Bonchev–Trinajstić information content (AvgIpc) is 2.32. The monoisotopic (exact) mass is 303 g/mol. The van der Waals surface area contributed by atoms with Crippen LogP contribution in [0.4, 0.5) is 4.79 Å². The van der Waals surface area contributed by atoms with Gasteiger partial charge in [-0.15, -0.1) is 18.2 Å². The van der Waals surface area contributed by atoms with Gasteiger partial charge in [0.15, 0.2) is 5.78 Å². The van der Waals surface area contributed by atoms with Crippen LogP contribution in [-0.2, 0) is 9.53 Å². The summed E-state index contributed by atoms with van der Waals surface area (Å²) in [6.45, 7) is 11.0. The predicted molar refractivity (Wildman–Crippen MR) is 82.1 cm³/mol. The van der Waals surface area contributed by atoms with Gasteiger partial charge in [0, 0.05) is 0 Å². The Morgan fingerprint density at radius 1 is 1.40 bits per heavy atom. The molecule has 1 amide bonds. The van der Waals surface area contributed by atoms with Gasteiger partial charge in [-0.1, -0.05) is 13.0 Å². The van der Waals surface area contributed by atoms with E-state index in [0.29, 0.717) is 12.3 Å². The van der Waals surface area contributed by atoms with Gasteiger partial charge >= 0.3 is 6.09 Å². The molecule has 20 heavy (non-hydrogen) atoms. The van der Waals surface area contributed by atoms with Gasteiger partial charge in [0.2, 0.25) is 0 Å². The molecule has 0 aliphatic carbocycles. The fourth-order valence-electron chi connectivity index (χ4n) is 1.74. The van der Waals surface area contributed by atoms with E-state index in [1.54, 1.807) is 20.8 Å². The number of alkyl halides is 1. The Morgan fingerprint density at radius 3 is 2.45 bits per heavy atom. The zero-order chi connectivity index (χ0) is 15.8. The fraction of sp³-hybridized carbons (Fsp3) is 0.733. The first-order chi connectivity index (χ1) is 9.19. The van der Waals surface area contributed by atoms with Gasteiger partial charge in [0.1, 0.15) is 5.60 Å². The van der Waals surface area contributed by atoms with Crippen LogP contribution in [0.3, 0.4) is 0 Å². The Labute approximate surface area is 126 Å². The number of rotatable bonds is 8. The molecule has 0 rings (SSSR count). The molecule has 0 aromatic carbocycles. The van der Waals surface area contributed by atoms with Crippen molar-refractivity contribution in [2.24, 2.45) is 5.92 Å². The topological polar surface area (TPSA) is 55.4 Å². The van der Waals surface area contributed by atoms with Crippen molar-refractivity contribution in [3.63, 3.8) is 0 Å². The van der Waals surface area contributed by atoms with Gasteiger partial charge in [-0.3, -0.25) is 4.79 Å². The molecule has 1 N–H and O–H groups in total. The van der Waals surface area contributed by atoms with Crippen LogP contribution in [0, 0.1) is 5.92 Å².